The molecule has 0 aromatic heterocycles. The lowest BCUT2D eigenvalue weighted by molar-refractivity contribution is -0.384. The normalized spacial score (nSPS) is 10.8. The summed E-state index contributed by atoms with van der Waals surface area (Å²) < 4.78 is 24.1. The number of carbonyl (C=O) groups excluding carboxylic acids is 1. The van der Waals surface area contributed by atoms with Gasteiger partial charge in [-0.1, -0.05) is 6.07 Å². The van der Waals surface area contributed by atoms with Gasteiger partial charge in [-0.15, -0.1) is 0 Å². The Bertz CT molecular complexity index is 1230. The molecular weight excluding hydrogens is 429 g/mol. The third kappa shape index (κ3) is 6.15. The minimum Gasteiger partial charge on any atom is -0.493 e. The molecule has 3 aromatic rings. The van der Waals surface area contributed by atoms with Gasteiger partial charge >= 0.3 is 0 Å². The summed E-state index contributed by atoms with van der Waals surface area (Å²) in [5.74, 6) is -0.280. The molecular formula is C24H18FN3O5. The Labute approximate surface area is 188 Å². The van der Waals surface area contributed by atoms with Crippen molar-refractivity contribution in [2.75, 3.05) is 12.4 Å². The van der Waals surface area contributed by atoms with Gasteiger partial charge in [0.05, 0.1) is 12.0 Å². The van der Waals surface area contributed by atoms with Gasteiger partial charge in [-0.25, -0.2) is 4.39 Å². The molecule has 3 aromatic carbocycles. The highest BCUT2D eigenvalue weighted by Crippen LogP contribution is 2.30. The number of hydrogen-bond donors (Lipinski definition) is 1. The number of nitrogens with zero attached hydrogens (tertiary/aromatic N) is 2. The lowest BCUT2D eigenvalue weighted by Gasteiger charge is -2.11. The number of nitrogens with one attached hydrogen (secondary N) is 1. The van der Waals surface area contributed by atoms with Crippen LogP contribution in [-0.4, -0.2) is 17.9 Å². The molecule has 166 valence electrons. The van der Waals surface area contributed by atoms with Crippen molar-refractivity contribution in [2.24, 2.45) is 0 Å². The molecule has 0 unspecified atom stereocenters. The zero-order chi connectivity index (χ0) is 23.8. The first-order chi connectivity index (χ1) is 15.9. The summed E-state index contributed by atoms with van der Waals surface area (Å²) in [5.41, 5.74) is 1.46. The van der Waals surface area contributed by atoms with Crippen molar-refractivity contribution in [1.29, 1.82) is 5.26 Å². The molecule has 0 spiro atoms. The molecule has 0 saturated heterocycles. The van der Waals surface area contributed by atoms with Crippen molar-refractivity contribution in [1.82, 2.24) is 0 Å². The van der Waals surface area contributed by atoms with E-state index < -0.39 is 16.6 Å². The number of halogens is 1. The van der Waals surface area contributed by atoms with Gasteiger partial charge in [-0.05, 0) is 65.7 Å². The number of rotatable bonds is 8. The predicted octanol–water partition coefficient (Wildman–Crippen LogP) is 4.87. The topological polar surface area (TPSA) is 114 Å². The first-order valence-corrected chi connectivity index (χ1v) is 9.62. The molecule has 0 saturated carbocycles. The van der Waals surface area contributed by atoms with E-state index in [9.17, 15) is 24.6 Å². The number of amides is 1. The quantitative estimate of drug-likeness (QED) is 0.228. The highest BCUT2D eigenvalue weighted by molar-refractivity contribution is 6.09. The smallest absolute Gasteiger partial charge is 0.269 e. The van der Waals surface area contributed by atoms with Crippen LogP contribution in [0.25, 0.3) is 6.08 Å². The second-order valence-corrected chi connectivity index (χ2v) is 6.75. The zero-order valence-corrected chi connectivity index (χ0v) is 17.4. The Morgan fingerprint density at radius 3 is 2.42 bits per heavy atom. The van der Waals surface area contributed by atoms with Crippen LogP contribution in [0.3, 0.4) is 0 Å². The fraction of sp³-hybridized carbons (Fsp3) is 0.0833. The Morgan fingerprint density at radius 1 is 1.12 bits per heavy atom. The number of ether oxygens (including phenoxy) is 2. The lowest BCUT2D eigenvalue weighted by Crippen LogP contribution is -2.13. The molecule has 9 heteroatoms. The Kier molecular flexibility index (Phi) is 7.34. The molecule has 0 aliphatic carbocycles. The van der Waals surface area contributed by atoms with Crippen molar-refractivity contribution in [2.45, 2.75) is 6.61 Å². The van der Waals surface area contributed by atoms with Crippen LogP contribution in [0.2, 0.25) is 0 Å². The molecule has 1 amide bonds. The number of anilines is 1. The summed E-state index contributed by atoms with van der Waals surface area (Å²) in [6.45, 7) is 0.160. The molecule has 8 nitrogen and oxygen atoms in total. The number of benzene rings is 3. The third-order valence-electron chi connectivity index (χ3n) is 4.51. The fourth-order valence-corrected chi connectivity index (χ4v) is 2.82. The van der Waals surface area contributed by atoms with Crippen LogP contribution >= 0.6 is 0 Å². The van der Waals surface area contributed by atoms with E-state index in [1.807, 2.05) is 6.07 Å². The van der Waals surface area contributed by atoms with Gasteiger partial charge in [-0.3, -0.25) is 14.9 Å². The van der Waals surface area contributed by atoms with E-state index in [-0.39, 0.29) is 17.9 Å². The van der Waals surface area contributed by atoms with Crippen LogP contribution in [0, 0.1) is 27.3 Å². The van der Waals surface area contributed by atoms with Crippen LogP contribution in [0.5, 0.6) is 11.5 Å². The molecule has 0 fully saturated rings. The monoisotopic (exact) mass is 447 g/mol. The number of nitriles is 1. The molecule has 0 aliphatic rings. The van der Waals surface area contributed by atoms with E-state index >= 15 is 0 Å². The summed E-state index contributed by atoms with van der Waals surface area (Å²) in [7, 11) is 1.45. The molecule has 0 bridgehead atoms. The van der Waals surface area contributed by atoms with Gasteiger partial charge < -0.3 is 14.8 Å². The molecule has 1 N–H and O–H groups in total. The Morgan fingerprint density at radius 2 is 1.82 bits per heavy atom. The van der Waals surface area contributed by atoms with E-state index in [1.165, 1.54) is 49.6 Å². The number of nitro benzene ring substituents is 1. The van der Waals surface area contributed by atoms with E-state index in [4.69, 9.17) is 9.47 Å². The predicted molar refractivity (Wildman–Crippen MR) is 119 cm³/mol. The Balaban J connectivity index is 1.72. The van der Waals surface area contributed by atoms with E-state index in [0.29, 0.717) is 22.7 Å². The highest BCUT2D eigenvalue weighted by atomic mass is 19.1. The average molecular weight is 447 g/mol. The van der Waals surface area contributed by atoms with Crippen molar-refractivity contribution in [3.63, 3.8) is 0 Å². The van der Waals surface area contributed by atoms with Crippen molar-refractivity contribution >= 4 is 23.4 Å². The number of carbonyl (C=O) groups is 1. The van der Waals surface area contributed by atoms with Crippen LogP contribution in [0.1, 0.15) is 11.1 Å². The van der Waals surface area contributed by atoms with Crippen LogP contribution in [0.4, 0.5) is 15.8 Å². The van der Waals surface area contributed by atoms with E-state index in [1.54, 1.807) is 30.3 Å². The number of hydrogen-bond acceptors (Lipinski definition) is 6. The Hall–Kier alpha value is -4.71. The molecule has 0 heterocycles. The molecule has 0 aliphatic heterocycles. The fourth-order valence-electron chi connectivity index (χ4n) is 2.82. The summed E-state index contributed by atoms with van der Waals surface area (Å²) in [6, 6.07) is 17.9. The molecule has 3 rings (SSSR count). The number of non-ortho nitro benzene ring substituents is 1. The van der Waals surface area contributed by atoms with Crippen molar-refractivity contribution in [3.05, 3.63) is 99.4 Å². The number of methoxy groups -OCH3 is 1. The first kappa shape index (κ1) is 23.0. The van der Waals surface area contributed by atoms with Crippen molar-refractivity contribution in [3.8, 4) is 17.6 Å². The van der Waals surface area contributed by atoms with Gasteiger partial charge in [0.25, 0.3) is 11.6 Å². The highest BCUT2D eigenvalue weighted by Gasteiger charge is 2.12. The first-order valence-electron chi connectivity index (χ1n) is 9.62. The molecule has 0 atom stereocenters. The summed E-state index contributed by atoms with van der Waals surface area (Å²) >= 11 is 0. The SMILES string of the molecule is COc1cc(/C=C(/C#N)C(=O)Nc2ccc(F)cc2)ccc1OCc1ccc([N+](=O)[O-])cc1. The van der Waals surface area contributed by atoms with Gasteiger partial charge in [-0.2, -0.15) is 5.26 Å². The van der Waals surface area contributed by atoms with Crippen LogP contribution in [0.15, 0.2) is 72.3 Å². The minimum absolute atomic E-state index is 0.00997. The van der Waals surface area contributed by atoms with Gasteiger partial charge in [0, 0.05) is 17.8 Å². The third-order valence-corrected chi connectivity index (χ3v) is 4.51. The molecule has 0 radical (unpaired) electrons. The zero-order valence-electron chi connectivity index (χ0n) is 17.4. The lowest BCUT2D eigenvalue weighted by atomic mass is 10.1. The standard InChI is InChI=1S/C24H18FN3O5/c1-32-23-13-17(12-18(14-26)24(29)27-20-7-5-19(25)6-8-20)4-11-22(23)33-15-16-2-9-21(10-3-16)28(30)31/h2-13H,15H2,1H3,(H,27,29)/b18-12-. The molecule has 33 heavy (non-hydrogen) atoms. The van der Waals surface area contributed by atoms with Crippen LogP contribution in [-0.2, 0) is 11.4 Å². The maximum absolute atomic E-state index is 13.0. The average Bonchev–Trinajstić information content (AvgIpc) is 2.83. The maximum atomic E-state index is 13.0. The second kappa shape index (κ2) is 10.5. The van der Waals surface area contributed by atoms with E-state index in [2.05, 4.69) is 5.32 Å². The number of nitro groups is 1. The van der Waals surface area contributed by atoms with E-state index in [0.717, 1.165) is 5.56 Å². The maximum Gasteiger partial charge on any atom is 0.269 e. The second-order valence-electron chi connectivity index (χ2n) is 6.75. The summed E-state index contributed by atoms with van der Waals surface area (Å²) in [5, 5.41) is 22.7. The largest absolute Gasteiger partial charge is 0.493 e. The summed E-state index contributed by atoms with van der Waals surface area (Å²) in [4.78, 5) is 22.7. The van der Waals surface area contributed by atoms with Gasteiger partial charge in [0.15, 0.2) is 11.5 Å². The van der Waals surface area contributed by atoms with Gasteiger partial charge in [0.2, 0.25) is 0 Å². The van der Waals surface area contributed by atoms with Crippen LogP contribution < -0.4 is 14.8 Å². The van der Waals surface area contributed by atoms with Crippen molar-refractivity contribution < 1.29 is 23.6 Å². The van der Waals surface area contributed by atoms with Gasteiger partial charge in [0.1, 0.15) is 24.1 Å². The minimum atomic E-state index is -0.637. The summed E-state index contributed by atoms with van der Waals surface area (Å²) in [6.07, 6.45) is 1.39.